The Labute approximate surface area is 147 Å². The van der Waals surface area contributed by atoms with Crippen LogP contribution >= 0.6 is 0 Å². The molecule has 25 heavy (non-hydrogen) atoms. The fraction of sp³-hybridized carbons (Fsp3) is 0.350. The fourth-order valence-corrected chi connectivity index (χ4v) is 2.83. The highest BCUT2D eigenvalue weighted by molar-refractivity contribution is 5.94. The van der Waals surface area contributed by atoms with Gasteiger partial charge in [-0.3, -0.25) is 4.79 Å². The van der Waals surface area contributed by atoms with Crippen LogP contribution in [0.15, 0.2) is 54.6 Å². The van der Waals surface area contributed by atoms with Gasteiger partial charge in [0.15, 0.2) is 0 Å². The van der Waals surface area contributed by atoms with Crippen LogP contribution in [0.1, 0.15) is 27.9 Å². The van der Waals surface area contributed by atoms with E-state index in [1.54, 1.807) is 24.3 Å². The van der Waals surface area contributed by atoms with Gasteiger partial charge < -0.3 is 19.9 Å². The van der Waals surface area contributed by atoms with Crippen molar-refractivity contribution >= 4 is 5.91 Å². The van der Waals surface area contributed by atoms with Gasteiger partial charge in [-0.05, 0) is 29.7 Å². The van der Waals surface area contributed by atoms with Crippen molar-refractivity contribution in [1.82, 2.24) is 5.32 Å². The number of ether oxygens (including phenoxy) is 2. The van der Waals surface area contributed by atoms with Crippen molar-refractivity contribution in [1.29, 1.82) is 0 Å². The zero-order chi connectivity index (χ0) is 17.5. The summed E-state index contributed by atoms with van der Waals surface area (Å²) in [6, 6.07) is 16.8. The highest BCUT2D eigenvalue weighted by atomic mass is 16.5. The number of carbonyl (C=O) groups excluding carboxylic acids is 1. The molecule has 1 aliphatic heterocycles. The molecule has 1 aliphatic rings. The van der Waals surface area contributed by atoms with Crippen molar-refractivity contribution in [2.24, 2.45) is 0 Å². The zero-order valence-electron chi connectivity index (χ0n) is 14.1. The lowest BCUT2D eigenvalue weighted by molar-refractivity contribution is -0.0736. The largest absolute Gasteiger partial charge is 0.392 e. The molecule has 132 valence electrons. The summed E-state index contributed by atoms with van der Waals surface area (Å²) in [5, 5.41) is 12.1. The molecule has 2 atom stereocenters. The summed E-state index contributed by atoms with van der Waals surface area (Å²) in [5.41, 5.74) is 2.45. The van der Waals surface area contributed by atoms with Crippen molar-refractivity contribution in [3.8, 4) is 0 Å². The lowest BCUT2D eigenvalue weighted by Gasteiger charge is -2.32. The molecule has 1 heterocycles. The van der Waals surface area contributed by atoms with Gasteiger partial charge in [-0.15, -0.1) is 0 Å². The van der Waals surface area contributed by atoms with Crippen molar-refractivity contribution in [3.63, 3.8) is 0 Å². The summed E-state index contributed by atoms with van der Waals surface area (Å²) >= 11 is 0. The normalized spacial score (nSPS) is 20.2. The third-order valence-corrected chi connectivity index (χ3v) is 4.33. The standard InChI is InChI=1S/C20H23NO4/c22-12-15-6-8-17(9-7-15)20(23)21-18-10-11-24-14-19(18)25-13-16-4-2-1-3-5-16/h1-9,18-19,22H,10-14H2,(H,21,23)/t18-,19-/m1/s1. The van der Waals surface area contributed by atoms with E-state index in [2.05, 4.69) is 5.32 Å². The fourth-order valence-electron chi connectivity index (χ4n) is 2.83. The number of nitrogens with one attached hydrogen (secondary N) is 1. The maximum atomic E-state index is 12.5. The molecule has 0 bridgehead atoms. The Morgan fingerprint density at radius 2 is 1.88 bits per heavy atom. The van der Waals surface area contributed by atoms with Crippen molar-refractivity contribution < 1.29 is 19.4 Å². The first-order valence-corrected chi connectivity index (χ1v) is 8.50. The minimum atomic E-state index is -0.172. The van der Waals surface area contributed by atoms with Crippen LogP contribution in [0, 0.1) is 0 Å². The van der Waals surface area contributed by atoms with Crippen LogP contribution in [0.2, 0.25) is 0 Å². The monoisotopic (exact) mass is 341 g/mol. The second-order valence-corrected chi connectivity index (χ2v) is 6.13. The lowest BCUT2D eigenvalue weighted by atomic mass is 10.0. The van der Waals surface area contributed by atoms with Crippen LogP contribution in [0.5, 0.6) is 0 Å². The predicted molar refractivity (Wildman–Crippen MR) is 94.1 cm³/mol. The van der Waals surface area contributed by atoms with E-state index in [1.807, 2.05) is 30.3 Å². The molecule has 3 rings (SSSR count). The molecule has 0 aliphatic carbocycles. The van der Waals surface area contributed by atoms with Crippen LogP contribution in [0.25, 0.3) is 0 Å². The summed E-state index contributed by atoms with van der Waals surface area (Å²) < 4.78 is 11.5. The minimum Gasteiger partial charge on any atom is -0.392 e. The SMILES string of the molecule is O=C(N[C@@H]1CCOC[C@H]1OCc1ccccc1)c1ccc(CO)cc1. The molecule has 0 saturated carbocycles. The second kappa shape index (κ2) is 8.76. The number of hydrogen-bond donors (Lipinski definition) is 2. The smallest absolute Gasteiger partial charge is 0.251 e. The Balaban J connectivity index is 1.59. The number of aliphatic hydroxyl groups is 1. The van der Waals surface area contributed by atoms with E-state index in [-0.39, 0.29) is 24.7 Å². The molecule has 2 aromatic carbocycles. The average molecular weight is 341 g/mol. The van der Waals surface area contributed by atoms with Gasteiger partial charge in [0.2, 0.25) is 0 Å². The van der Waals surface area contributed by atoms with E-state index in [4.69, 9.17) is 14.6 Å². The number of benzene rings is 2. The molecule has 5 heteroatoms. The van der Waals surface area contributed by atoms with Gasteiger partial charge in [0.1, 0.15) is 6.10 Å². The third-order valence-electron chi connectivity index (χ3n) is 4.33. The quantitative estimate of drug-likeness (QED) is 0.846. The summed E-state index contributed by atoms with van der Waals surface area (Å²) in [5.74, 6) is -0.135. The molecule has 5 nitrogen and oxygen atoms in total. The number of carbonyl (C=O) groups is 1. The summed E-state index contributed by atoms with van der Waals surface area (Å²) in [7, 11) is 0. The minimum absolute atomic E-state index is 0.0305. The summed E-state index contributed by atoms with van der Waals surface area (Å²) in [4.78, 5) is 12.5. The Hall–Kier alpha value is -2.21. The number of rotatable bonds is 6. The van der Waals surface area contributed by atoms with Crippen LogP contribution in [0.3, 0.4) is 0 Å². The third kappa shape index (κ3) is 4.89. The van der Waals surface area contributed by atoms with Crippen molar-refractivity contribution in [3.05, 3.63) is 71.3 Å². The molecule has 1 amide bonds. The van der Waals surface area contributed by atoms with E-state index in [0.29, 0.717) is 25.4 Å². The van der Waals surface area contributed by atoms with Crippen LogP contribution in [-0.4, -0.2) is 36.4 Å². The molecular formula is C20H23NO4. The average Bonchev–Trinajstić information content (AvgIpc) is 2.68. The lowest BCUT2D eigenvalue weighted by Crippen LogP contribution is -2.49. The van der Waals surface area contributed by atoms with Crippen LogP contribution < -0.4 is 5.32 Å². The summed E-state index contributed by atoms with van der Waals surface area (Å²) in [6.45, 7) is 1.55. The topological polar surface area (TPSA) is 67.8 Å². The van der Waals surface area contributed by atoms with E-state index in [0.717, 1.165) is 17.5 Å². The highest BCUT2D eigenvalue weighted by Crippen LogP contribution is 2.15. The zero-order valence-corrected chi connectivity index (χ0v) is 14.1. The Kier molecular flexibility index (Phi) is 6.17. The molecule has 1 saturated heterocycles. The Bertz CT molecular complexity index is 672. The number of hydrogen-bond acceptors (Lipinski definition) is 4. The predicted octanol–water partition coefficient (Wildman–Crippen LogP) is 2.28. The highest BCUT2D eigenvalue weighted by Gasteiger charge is 2.28. The maximum Gasteiger partial charge on any atom is 0.251 e. The molecule has 0 aromatic heterocycles. The van der Waals surface area contributed by atoms with Gasteiger partial charge >= 0.3 is 0 Å². The van der Waals surface area contributed by atoms with Gasteiger partial charge in [0.25, 0.3) is 5.91 Å². The summed E-state index contributed by atoms with van der Waals surface area (Å²) in [6.07, 6.45) is 0.550. The second-order valence-electron chi connectivity index (χ2n) is 6.13. The van der Waals surface area contributed by atoms with E-state index < -0.39 is 0 Å². The van der Waals surface area contributed by atoms with Gasteiger partial charge in [0.05, 0.1) is 25.9 Å². The van der Waals surface area contributed by atoms with Crippen LogP contribution in [-0.2, 0) is 22.7 Å². The molecular weight excluding hydrogens is 318 g/mol. The van der Waals surface area contributed by atoms with Crippen LogP contribution in [0.4, 0.5) is 0 Å². The molecule has 2 N–H and O–H groups in total. The van der Waals surface area contributed by atoms with Gasteiger partial charge in [0, 0.05) is 12.2 Å². The first kappa shape index (κ1) is 17.6. The number of amides is 1. The van der Waals surface area contributed by atoms with E-state index in [9.17, 15) is 4.79 Å². The number of aliphatic hydroxyl groups excluding tert-OH is 1. The first-order chi connectivity index (χ1) is 12.3. The van der Waals surface area contributed by atoms with Gasteiger partial charge in [-0.1, -0.05) is 42.5 Å². The van der Waals surface area contributed by atoms with Gasteiger partial charge in [-0.25, -0.2) is 0 Å². The van der Waals surface area contributed by atoms with Crippen molar-refractivity contribution in [2.75, 3.05) is 13.2 Å². The maximum absolute atomic E-state index is 12.5. The molecule has 0 unspecified atom stereocenters. The molecule has 2 aromatic rings. The molecule has 1 fully saturated rings. The van der Waals surface area contributed by atoms with Gasteiger partial charge in [-0.2, -0.15) is 0 Å². The molecule has 0 spiro atoms. The van der Waals surface area contributed by atoms with E-state index in [1.165, 1.54) is 0 Å². The first-order valence-electron chi connectivity index (χ1n) is 8.50. The van der Waals surface area contributed by atoms with E-state index >= 15 is 0 Å². The Morgan fingerprint density at radius 3 is 2.60 bits per heavy atom. The Morgan fingerprint density at radius 1 is 1.12 bits per heavy atom. The molecule has 0 radical (unpaired) electrons. The van der Waals surface area contributed by atoms with Crippen molar-refractivity contribution in [2.45, 2.75) is 31.8 Å².